The summed E-state index contributed by atoms with van der Waals surface area (Å²) in [5.74, 6) is 0. The molecule has 0 radical (unpaired) electrons. The van der Waals surface area contributed by atoms with Crippen LogP contribution in [0, 0.1) is 0 Å². The summed E-state index contributed by atoms with van der Waals surface area (Å²) < 4.78 is 0. The van der Waals surface area contributed by atoms with Gasteiger partial charge in [-0.2, -0.15) is 15.4 Å². The maximum absolute atomic E-state index is 9.87. The third-order valence-electron chi connectivity index (χ3n) is 0.613. The molecule has 0 fully saturated rings. The Kier molecular flexibility index (Phi) is 3.53. The molecule has 4 nitrogen and oxygen atoms in total. The van der Waals surface area contributed by atoms with Gasteiger partial charge in [-0.25, -0.2) is 0 Å². The van der Waals surface area contributed by atoms with Gasteiger partial charge >= 0.3 is 18.9 Å². The van der Waals surface area contributed by atoms with Gasteiger partial charge in [-0.15, -0.1) is 0 Å². The van der Waals surface area contributed by atoms with Crippen LogP contribution in [0.4, 0.5) is 0 Å². The van der Waals surface area contributed by atoms with Crippen LogP contribution in [-0.4, -0.2) is 15.4 Å². The third kappa shape index (κ3) is 1.66. The van der Waals surface area contributed by atoms with Crippen molar-refractivity contribution in [3.63, 3.8) is 0 Å². The molecule has 1 aromatic heterocycles. The molecular weight excluding hydrogens is 101 g/mol. The molecule has 5 heteroatoms. The summed E-state index contributed by atoms with van der Waals surface area (Å²) in [4.78, 5) is 0. The van der Waals surface area contributed by atoms with E-state index >= 15 is 0 Å². The van der Waals surface area contributed by atoms with Crippen LogP contribution in [0.2, 0.25) is 0 Å². The smallest absolute Gasteiger partial charge is 0.850 e. The Labute approximate surface area is 58.5 Å². The van der Waals surface area contributed by atoms with E-state index in [-0.39, 0.29) is 25.5 Å². The van der Waals surface area contributed by atoms with Gasteiger partial charge in [0.25, 0.3) is 0 Å². The molecule has 0 unspecified atom stereocenters. The minimum atomic E-state index is -0.295. The standard InChI is InChI=1S/C3H4N3O.Li/c7-2-3-1-4-6-5-3;/h1H,2H2,(H,4,5,6);/q-1;+1. The van der Waals surface area contributed by atoms with Crippen LogP contribution in [0.1, 0.15) is 5.69 Å². The van der Waals surface area contributed by atoms with Crippen LogP contribution in [-0.2, 0) is 6.61 Å². The van der Waals surface area contributed by atoms with Crippen LogP contribution in [0.25, 0.3) is 0 Å². The van der Waals surface area contributed by atoms with Crippen LogP contribution in [0.5, 0.6) is 0 Å². The predicted molar refractivity (Wildman–Crippen MR) is 20.1 cm³/mol. The molecule has 0 amide bonds. The molecule has 0 aliphatic heterocycles. The van der Waals surface area contributed by atoms with E-state index < -0.39 is 0 Å². The van der Waals surface area contributed by atoms with Crippen LogP contribution >= 0.6 is 0 Å². The van der Waals surface area contributed by atoms with E-state index in [1.165, 1.54) is 6.20 Å². The maximum atomic E-state index is 9.87. The van der Waals surface area contributed by atoms with Crippen molar-refractivity contribution in [2.75, 3.05) is 0 Å². The minimum absolute atomic E-state index is 0. The number of rotatable bonds is 1. The fraction of sp³-hybridized carbons (Fsp3) is 0.333. The van der Waals surface area contributed by atoms with E-state index in [1.54, 1.807) is 0 Å². The number of hydrogen-bond acceptors (Lipinski definition) is 3. The Balaban J connectivity index is 0.000000490. The second-order valence-electron chi connectivity index (χ2n) is 1.11. The molecule has 0 aliphatic carbocycles. The second-order valence-corrected chi connectivity index (χ2v) is 1.11. The Bertz CT molecular complexity index is 129. The van der Waals surface area contributed by atoms with Crippen molar-refractivity contribution in [3.05, 3.63) is 11.9 Å². The van der Waals surface area contributed by atoms with Crippen molar-refractivity contribution in [1.82, 2.24) is 15.4 Å². The normalized spacial score (nSPS) is 8.12. The molecular formula is C3H4LiN3O. The molecule has 1 heterocycles. The number of hydrogen-bond donors (Lipinski definition) is 1. The van der Waals surface area contributed by atoms with Gasteiger partial charge in [0.05, 0.1) is 11.9 Å². The fourth-order valence-electron chi connectivity index (χ4n) is 0.295. The summed E-state index contributed by atoms with van der Waals surface area (Å²) in [7, 11) is 0. The molecule has 0 saturated heterocycles. The first-order chi connectivity index (χ1) is 3.43. The average molecular weight is 105 g/mol. The van der Waals surface area contributed by atoms with E-state index in [0.717, 1.165) is 0 Å². The molecule has 0 saturated carbocycles. The fourth-order valence-corrected chi connectivity index (χ4v) is 0.295. The Morgan fingerprint density at radius 1 is 1.75 bits per heavy atom. The molecule has 0 aliphatic rings. The topological polar surface area (TPSA) is 64.6 Å². The quantitative estimate of drug-likeness (QED) is 0.367. The van der Waals surface area contributed by atoms with Gasteiger partial charge in [-0.1, -0.05) is 6.61 Å². The van der Waals surface area contributed by atoms with Gasteiger partial charge in [0.1, 0.15) is 0 Å². The van der Waals surface area contributed by atoms with E-state index in [9.17, 15) is 5.11 Å². The van der Waals surface area contributed by atoms with E-state index in [0.29, 0.717) is 5.69 Å². The Morgan fingerprint density at radius 2 is 2.50 bits per heavy atom. The van der Waals surface area contributed by atoms with Gasteiger partial charge in [0, 0.05) is 0 Å². The molecule has 0 aromatic carbocycles. The molecule has 0 spiro atoms. The Hall–Kier alpha value is -0.303. The summed E-state index contributed by atoms with van der Waals surface area (Å²) >= 11 is 0. The zero-order chi connectivity index (χ0) is 5.11. The summed E-state index contributed by atoms with van der Waals surface area (Å²) in [5.41, 5.74) is 0.458. The summed E-state index contributed by atoms with van der Waals surface area (Å²) in [6.45, 7) is -0.295. The minimum Gasteiger partial charge on any atom is -0.850 e. The van der Waals surface area contributed by atoms with Crippen molar-refractivity contribution < 1.29 is 24.0 Å². The summed E-state index contributed by atoms with van der Waals surface area (Å²) in [6, 6.07) is 0. The predicted octanol–water partition coefficient (Wildman–Crippen LogP) is -4.33. The zero-order valence-electron chi connectivity index (χ0n) is 4.59. The van der Waals surface area contributed by atoms with Gasteiger partial charge in [0.2, 0.25) is 0 Å². The van der Waals surface area contributed by atoms with Gasteiger partial charge < -0.3 is 5.11 Å². The van der Waals surface area contributed by atoms with Crippen LogP contribution in [0.3, 0.4) is 0 Å². The summed E-state index contributed by atoms with van der Waals surface area (Å²) in [5, 5.41) is 19.1. The zero-order valence-corrected chi connectivity index (χ0v) is 4.59. The molecule has 0 atom stereocenters. The monoisotopic (exact) mass is 105 g/mol. The molecule has 38 valence electrons. The SMILES string of the molecule is [Li+].[O-]Cc1cn[nH]n1. The third-order valence-corrected chi connectivity index (χ3v) is 0.613. The van der Waals surface area contributed by atoms with Crippen LogP contribution < -0.4 is 24.0 Å². The first-order valence-corrected chi connectivity index (χ1v) is 1.86. The van der Waals surface area contributed by atoms with E-state index in [1.807, 2.05) is 0 Å². The first-order valence-electron chi connectivity index (χ1n) is 1.86. The van der Waals surface area contributed by atoms with Crippen molar-refractivity contribution in [2.45, 2.75) is 6.61 Å². The first kappa shape index (κ1) is 7.70. The van der Waals surface area contributed by atoms with Crippen molar-refractivity contribution in [3.8, 4) is 0 Å². The van der Waals surface area contributed by atoms with Crippen molar-refractivity contribution in [1.29, 1.82) is 0 Å². The second kappa shape index (κ2) is 3.67. The summed E-state index contributed by atoms with van der Waals surface area (Å²) in [6.07, 6.45) is 1.41. The number of nitrogens with zero attached hydrogens (tertiary/aromatic N) is 2. The van der Waals surface area contributed by atoms with Crippen molar-refractivity contribution in [2.24, 2.45) is 0 Å². The molecule has 1 aromatic rings. The molecule has 0 bridgehead atoms. The van der Waals surface area contributed by atoms with E-state index in [4.69, 9.17) is 0 Å². The number of nitrogens with one attached hydrogen (secondary N) is 1. The van der Waals surface area contributed by atoms with Gasteiger partial charge in [0.15, 0.2) is 0 Å². The average Bonchev–Trinajstić information content (AvgIpc) is 2.14. The van der Waals surface area contributed by atoms with E-state index in [2.05, 4.69) is 15.4 Å². The van der Waals surface area contributed by atoms with Gasteiger partial charge in [-0.3, -0.25) is 0 Å². The molecule has 1 N–H and O–H groups in total. The largest absolute Gasteiger partial charge is 1.00 e. The number of aromatic amines is 1. The van der Waals surface area contributed by atoms with Crippen LogP contribution in [0.15, 0.2) is 6.20 Å². The number of H-pyrrole nitrogens is 1. The molecule has 8 heavy (non-hydrogen) atoms. The van der Waals surface area contributed by atoms with Gasteiger partial charge in [-0.05, 0) is 0 Å². The number of aromatic nitrogens is 3. The maximum Gasteiger partial charge on any atom is 1.00 e. The van der Waals surface area contributed by atoms with Crippen molar-refractivity contribution >= 4 is 0 Å². The molecule has 1 rings (SSSR count). The Morgan fingerprint density at radius 3 is 2.75 bits per heavy atom.